The lowest BCUT2D eigenvalue weighted by Crippen LogP contribution is -2.42. The number of hydrogen-bond donors (Lipinski definition) is 3. The first-order valence-corrected chi connectivity index (χ1v) is 13.8. The van der Waals surface area contributed by atoms with Gasteiger partial charge in [-0.1, -0.05) is 45.1 Å². The van der Waals surface area contributed by atoms with Gasteiger partial charge in [0, 0.05) is 31.6 Å². The highest BCUT2D eigenvalue weighted by Crippen LogP contribution is 2.36. The number of cyclic esters (lactones) is 1. The number of rotatable bonds is 9. The average molecular weight is 551 g/mol. The molecule has 9 unspecified atom stereocenters. The summed E-state index contributed by atoms with van der Waals surface area (Å²) in [4.78, 5) is 36.2. The number of hydrogen-bond acceptors (Lipinski definition) is 9. The highest BCUT2D eigenvalue weighted by molar-refractivity contribution is 5.81. The van der Waals surface area contributed by atoms with E-state index in [4.69, 9.17) is 14.2 Å². The van der Waals surface area contributed by atoms with Crippen LogP contribution < -0.4 is 0 Å². The van der Waals surface area contributed by atoms with Gasteiger partial charge in [0.15, 0.2) is 0 Å². The molecule has 0 aromatic rings. The molecule has 0 saturated carbocycles. The van der Waals surface area contributed by atoms with E-state index >= 15 is 0 Å². The van der Waals surface area contributed by atoms with Crippen molar-refractivity contribution in [2.45, 2.75) is 122 Å². The molecule has 0 amide bonds. The lowest BCUT2D eigenvalue weighted by Gasteiger charge is -2.32. The molecular weight excluding hydrogens is 504 g/mol. The Morgan fingerprint density at radius 3 is 2.59 bits per heavy atom. The van der Waals surface area contributed by atoms with E-state index in [0.29, 0.717) is 18.4 Å². The van der Waals surface area contributed by atoms with Gasteiger partial charge >= 0.3 is 11.9 Å². The summed E-state index contributed by atoms with van der Waals surface area (Å²) in [5.41, 5.74) is -1.92. The minimum absolute atomic E-state index is 0.117. The minimum Gasteiger partial charge on any atom is -0.457 e. The Labute approximate surface area is 231 Å². The van der Waals surface area contributed by atoms with E-state index in [1.807, 2.05) is 20.8 Å². The summed E-state index contributed by atoms with van der Waals surface area (Å²) in [6, 6.07) is 0. The zero-order valence-electron chi connectivity index (χ0n) is 24.3. The fourth-order valence-electron chi connectivity index (χ4n) is 4.87. The standard InChI is InChI=1S/C30H46O9/c1-8-23(33)20(4)28-24(38-28)17-29(6,35)14-9-10-18(2)27-19(3)11-12-25(37-21(5)31)30(7,36)15-13-22(32)16-26(34)39-27/h9-12,14,19-20,22,24-25,27-28,32,35-36H,8,13,15-17H2,1-7H3/b12-11-,14-9+,18-10+. The molecule has 0 aromatic carbocycles. The normalized spacial score (nSPS) is 35.6. The predicted molar refractivity (Wildman–Crippen MR) is 145 cm³/mol. The van der Waals surface area contributed by atoms with E-state index in [2.05, 4.69) is 0 Å². The summed E-state index contributed by atoms with van der Waals surface area (Å²) in [5, 5.41) is 32.1. The van der Waals surface area contributed by atoms with Crippen molar-refractivity contribution < 1.29 is 43.9 Å². The van der Waals surface area contributed by atoms with E-state index in [9.17, 15) is 29.7 Å². The van der Waals surface area contributed by atoms with Gasteiger partial charge in [0.1, 0.15) is 23.6 Å². The van der Waals surface area contributed by atoms with Gasteiger partial charge in [-0.25, -0.2) is 0 Å². The van der Waals surface area contributed by atoms with Crippen molar-refractivity contribution >= 4 is 17.7 Å². The van der Waals surface area contributed by atoms with Crippen molar-refractivity contribution in [2.75, 3.05) is 0 Å². The number of aliphatic hydroxyl groups is 3. The van der Waals surface area contributed by atoms with Gasteiger partial charge < -0.3 is 29.5 Å². The number of ketones is 1. The first kappa shape index (κ1) is 32.9. The molecule has 0 spiro atoms. The number of esters is 2. The van der Waals surface area contributed by atoms with Gasteiger partial charge in [-0.05, 0) is 45.3 Å². The molecular formula is C30H46O9. The lowest BCUT2D eigenvalue weighted by molar-refractivity contribution is -0.157. The van der Waals surface area contributed by atoms with Crippen molar-refractivity contribution in [3.8, 4) is 0 Å². The third kappa shape index (κ3) is 10.3. The molecule has 2 aliphatic rings. The second-order valence-corrected chi connectivity index (χ2v) is 11.5. The van der Waals surface area contributed by atoms with Crippen LogP contribution in [0.1, 0.15) is 80.6 Å². The second-order valence-electron chi connectivity index (χ2n) is 11.5. The molecule has 2 heterocycles. The average Bonchev–Trinajstić information content (AvgIpc) is 3.59. The van der Waals surface area contributed by atoms with Gasteiger partial charge in [-0.3, -0.25) is 14.4 Å². The third-order valence-corrected chi connectivity index (χ3v) is 7.47. The van der Waals surface area contributed by atoms with Crippen molar-refractivity contribution in [3.05, 3.63) is 36.0 Å². The second kappa shape index (κ2) is 13.8. The molecule has 0 radical (unpaired) electrons. The summed E-state index contributed by atoms with van der Waals surface area (Å²) in [6.45, 7) is 11.8. The van der Waals surface area contributed by atoms with Gasteiger partial charge in [0.2, 0.25) is 0 Å². The summed E-state index contributed by atoms with van der Waals surface area (Å²) in [6.07, 6.45) is 6.16. The number of carbonyl (C=O) groups excluding carboxylic acids is 3. The first-order chi connectivity index (χ1) is 18.1. The molecule has 3 N–H and O–H groups in total. The smallest absolute Gasteiger partial charge is 0.309 e. The zero-order valence-corrected chi connectivity index (χ0v) is 24.3. The monoisotopic (exact) mass is 550 g/mol. The third-order valence-electron chi connectivity index (χ3n) is 7.47. The molecule has 0 aromatic heterocycles. The highest BCUT2D eigenvalue weighted by atomic mass is 16.6. The van der Waals surface area contributed by atoms with Gasteiger partial charge in [-0.2, -0.15) is 0 Å². The molecule has 9 atom stereocenters. The molecule has 2 rings (SSSR count). The number of ether oxygens (including phenoxy) is 3. The van der Waals surface area contributed by atoms with Crippen LogP contribution in [0.2, 0.25) is 0 Å². The largest absolute Gasteiger partial charge is 0.457 e. The zero-order chi connectivity index (χ0) is 29.5. The Bertz CT molecular complexity index is 961. The molecule has 9 nitrogen and oxygen atoms in total. The fourth-order valence-corrected chi connectivity index (χ4v) is 4.87. The fraction of sp³-hybridized carbons (Fsp3) is 0.700. The molecule has 0 aliphatic carbocycles. The molecule has 9 heteroatoms. The lowest BCUT2D eigenvalue weighted by atomic mass is 9.88. The van der Waals surface area contributed by atoms with E-state index in [1.165, 1.54) is 13.8 Å². The molecule has 1 fully saturated rings. The Balaban J connectivity index is 2.18. The summed E-state index contributed by atoms with van der Waals surface area (Å²) in [5.74, 6) is -1.53. The number of epoxide rings is 1. The summed E-state index contributed by atoms with van der Waals surface area (Å²) < 4.78 is 16.7. The van der Waals surface area contributed by atoms with Crippen LogP contribution in [0.15, 0.2) is 36.0 Å². The van der Waals surface area contributed by atoms with Crippen LogP contribution >= 0.6 is 0 Å². The van der Waals surface area contributed by atoms with Crippen LogP contribution in [0, 0.1) is 11.8 Å². The number of allylic oxidation sites excluding steroid dienone is 2. The Hall–Kier alpha value is -2.33. The SMILES string of the molecule is CCC(=O)C(C)C1OC1CC(C)(O)/C=C/C=C(\C)C1OC(=O)CC(O)CCC(C)(O)C(OC(C)=O)/C=C\C1C. The van der Waals surface area contributed by atoms with Gasteiger partial charge in [-0.15, -0.1) is 0 Å². The van der Waals surface area contributed by atoms with Gasteiger partial charge in [0.05, 0.1) is 30.3 Å². The van der Waals surface area contributed by atoms with Crippen LogP contribution in [0.3, 0.4) is 0 Å². The molecule has 39 heavy (non-hydrogen) atoms. The topological polar surface area (TPSA) is 143 Å². The molecule has 2 aliphatic heterocycles. The van der Waals surface area contributed by atoms with Crippen LogP contribution in [0.25, 0.3) is 0 Å². The number of carbonyl (C=O) groups is 3. The molecule has 220 valence electrons. The molecule has 0 bridgehead atoms. The maximum Gasteiger partial charge on any atom is 0.309 e. The minimum atomic E-state index is -1.44. The quantitative estimate of drug-likeness (QED) is 0.170. The number of Topliss-reactive ketones (excluding diaryl/α,β-unsaturated/α-hetero) is 1. The van der Waals surface area contributed by atoms with E-state index < -0.39 is 41.5 Å². The van der Waals surface area contributed by atoms with E-state index in [1.54, 1.807) is 44.2 Å². The van der Waals surface area contributed by atoms with Crippen LogP contribution in [0.4, 0.5) is 0 Å². The van der Waals surface area contributed by atoms with E-state index in [-0.39, 0.29) is 49.1 Å². The van der Waals surface area contributed by atoms with Crippen molar-refractivity contribution in [1.82, 2.24) is 0 Å². The van der Waals surface area contributed by atoms with Crippen molar-refractivity contribution in [2.24, 2.45) is 11.8 Å². The maximum atomic E-state index is 12.6. The van der Waals surface area contributed by atoms with Gasteiger partial charge in [0.25, 0.3) is 0 Å². The Kier molecular flexibility index (Phi) is 11.7. The first-order valence-electron chi connectivity index (χ1n) is 13.8. The summed E-state index contributed by atoms with van der Waals surface area (Å²) >= 11 is 0. The predicted octanol–water partition coefficient (Wildman–Crippen LogP) is 3.34. The Morgan fingerprint density at radius 2 is 1.97 bits per heavy atom. The van der Waals surface area contributed by atoms with Crippen LogP contribution in [-0.2, 0) is 28.6 Å². The van der Waals surface area contributed by atoms with E-state index in [0.717, 1.165) is 0 Å². The van der Waals surface area contributed by atoms with Crippen molar-refractivity contribution in [1.29, 1.82) is 0 Å². The summed E-state index contributed by atoms with van der Waals surface area (Å²) in [7, 11) is 0. The van der Waals surface area contributed by atoms with Crippen LogP contribution in [-0.4, -0.2) is 74.8 Å². The Morgan fingerprint density at radius 1 is 1.31 bits per heavy atom. The highest BCUT2D eigenvalue weighted by Gasteiger charge is 2.47. The molecule has 1 saturated heterocycles. The van der Waals surface area contributed by atoms with Crippen LogP contribution in [0.5, 0.6) is 0 Å². The number of aliphatic hydroxyl groups excluding tert-OH is 1. The van der Waals surface area contributed by atoms with Crippen molar-refractivity contribution in [3.63, 3.8) is 0 Å². The maximum absolute atomic E-state index is 12.6.